The first kappa shape index (κ1) is 26.2. The molecule has 36 heavy (non-hydrogen) atoms. The van der Waals surface area contributed by atoms with Gasteiger partial charge in [0.1, 0.15) is 0 Å². The topological polar surface area (TPSA) is 69.7 Å². The number of nitrogens with one attached hydrogen (secondary N) is 1. The molecule has 3 aromatic carbocycles. The number of likely N-dealkylation sites (tertiary alicyclic amines) is 1. The van der Waals surface area contributed by atoms with E-state index in [1.807, 2.05) is 37.3 Å². The highest BCUT2D eigenvalue weighted by Gasteiger charge is 2.36. The van der Waals surface area contributed by atoms with E-state index in [4.69, 9.17) is 0 Å². The monoisotopic (exact) mass is 525 g/mol. The fourth-order valence-corrected chi connectivity index (χ4v) is 6.90. The summed E-state index contributed by atoms with van der Waals surface area (Å²) in [7, 11) is -3.78. The normalized spacial score (nSPS) is 18.4. The van der Waals surface area contributed by atoms with E-state index in [1.54, 1.807) is 18.2 Å². The van der Waals surface area contributed by atoms with Crippen LogP contribution in [-0.2, 0) is 23.0 Å². The smallest absolute Gasteiger partial charge is 0.264 e. The van der Waals surface area contributed by atoms with Crippen LogP contribution in [0, 0.1) is 0 Å². The summed E-state index contributed by atoms with van der Waals surface area (Å²) in [5.41, 5.74) is 3.41. The number of sulfonamides is 1. The SMILES string of the molecule is CC1Cc2ccccc2N1S(=O)(=O)c1cccc(C(=O)NC2CCN(Cc3ccccc3)CC2)c1.Cl. The molecule has 2 aliphatic rings. The number of amides is 1. The Morgan fingerprint density at radius 3 is 2.39 bits per heavy atom. The highest BCUT2D eigenvalue weighted by Crippen LogP contribution is 2.36. The lowest BCUT2D eigenvalue weighted by Crippen LogP contribution is -2.44. The van der Waals surface area contributed by atoms with Crippen molar-refractivity contribution in [3.8, 4) is 0 Å². The zero-order chi connectivity index (χ0) is 24.4. The molecule has 1 unspecified atom stereocenters. The Bertz CT molecular complexity index is 1310. The van der Waals surface area contributed by atoms with Crippen molar-refractivity contribution in [1.82, 2.24) is 10.2 Å². The van der Waals surface area contributed by atoms with E-state index < -0.39 is 10.0 Å². The molecule has 0 bridgehead atoms. The lowest BCUT2D eigenvalue weighted by Gasteiger charge is -2.32. The molecule has 6 nitrogen and oxygen atoms in total. The van der Waals surface area contributed by atoms with Crippen LogP contribution in [0.25, 0.3) is 0 Å². The largest absolute Gasteiger partial charge is 0.349 e. The van der Waals surface area contributed by atoms with Crippen LogP contribution in [0.1, 0.15) is 41.3 Å². The molecule has 0 radical (unpaired) electrons. The molecule has 0 aromatic heterocycles. The molecule has 1 saturated heterocycles. The predicted octanol–water partition coefficient (Wildman–Crippen LogP) is 4.64. The van der Waals surface area contributed by atoms with Crippen LogP contribution in [0.2, 0.25) is 0 Å². The van der Waals surface area contributed by atoms with Gasteiger partial charge >= 0.3 is 0 Å². The number of para-hydroxylation sites is 1. The second-order valence-electron chi connectivity index (χ2n) is 9.52. The highest BCUT2D eigenvalue weighted by atomic mass is 35.5. The molecule has 0 spiro atoms. The van der Waals surface area contributed by atoms with Crippen molar-refractivity contribution in [1.29, 1.82) is 0 Å². The van der Waals surface area contributed by atoms with Gasteiger partial charge in [-0.25, -0.2) is 8.42 Å². The van der Waals surface area contributed by atoms with Crippen molar-refractivity contribution in [2.45, 2.75) is 49.7 Å². The van der Waals surface area contributed by atoms with Crippen LogP contribution < -0.4 is 9.62 Å². The lowest BCUT2D eigenvalue weighted by atomic mass is 10.0. The van der Waals surface area contributed by atoms with Crippen LogP contribution >= 0.6 is 12.4 Å². The fraction of sp³-hybridized carbons (Fsp3) is 0.321. The van der Waals surface area contributed by atoms with E-state index in [-0.39, 0.29) is 35.3 Å². The molecule has 0 aliphatic carbocycles. The van der Waals surface area contributed by atoms with Crippen LogP contribution in [0.5, 0.6) is 0 Å². The average Bonchev–Trinajstić information content (AvgIpc) is 3.22. The summed E-state index contributed by atoms with van der Waals surface area (Å²) in [6.07, 6.45) is 2.43. The molecule has 3 aromatic rings. The summed E-state index contributed by atoms with van der Waals surface area (Å²) in [5.74, 6) is -0.224. The number of rotatable bonds is 6. The first-order chi connectivity index (χ1) is 16.9. The number of nitrogens with zero attached hydrogens (tertiary/aromatic N) is 2. The zero-order valence-corrected chi connectivity index (χ0v) is 22.0. The van der Waals surface area contributed by atoms with Crippen LogP contribution in [0.15, 0.2) is 83.8 Å². The standard InChI is InChI=1S/C28H31N3O3S.ClH/c1-21-18-23-10-5-6-13-27(23)31(21)35(33,34)26-12-7-11-24(19-26)28(32)29-25-14-16-30(17-15-25)20-22-8-3-2-4-9-22;/h2-13,19,21,25H,14-18,20H2,1H3,(H,29,32);1H. The van der Waals surface area contributed by atoms with Crippen molar-refractivity contribution in [3.63, 3.8) is 0 Å². The number of hydrogen-bond acceptors (Lipinski definition) is 4. The van der Waals surface area contributed by atoms with Crippen molar-refractivity contribution >= 4 is 34.0 Å². The Balaban J connectivity index is 0.00000304. The van der Waals surface area contributed by atoms with Gasteiger partial charge in [0.2, 0.25) is 0 Å². The molecule has 1 fully saturated rings. The summed E-state index contributed by atoms with van der Waals surface area (Å²) >= 11 is 0. The molecule has 1 atom stereocenters. The number of carbonyl (C=O) groups excluding carboxylic acids is 1. The summed E-state index contributed by atoms with van der Waals surface area (Å²) in [4.78, 5) is 15.6. The molecule has 8 heteroatoms. The van der Waals surface area contributed by atoms with Gasteiger partial charge in [-0.3, -0.25) is 14.0 Å². The van der Waals surface area contributed by atoms with Gasteiger partial charge in [-0.1, -0.05) is 54.6 Å². The minimum atomic E-state index is -3.78. The first-order valence-electron chi connectivity index (χ1n) is 12.2. The number of benzene rings is 3. The maximum absolute atomic E-state index is 13.5. The van der Waals surface area contributed by atoms with Crippen LogP contribution in [-0.4, -0.2) is 44.4 Å². The van der Waals surface area contributed by atoms with Gasteiger partial charge < -0.3 is 5.32 Å². The van der Waals surface area contributed by atoms with E-state index in [9.17, 15) is 13.2 Å². The summed E-state index contributed by atoms with van der Waals surface area (Å²) < 4.78 is 28.6. The Labute approximate surface area is 219 Å². The molecule has 5 rings (SSSR count). The van der Waals surface area contributed by atoms with E-state index >= 15 is 0 Å². The van der Waals surface area contributed by atoms with Gasteiger partial charge in [-0.15, -0.1) is 12.4 Å². The Morgan fingerprint density at radius 2 is 1.64 bits per heavy atom. The predicted molar refractivity (Wildman–Crippen MR) is 145 cm³/mol. The molecular formula is C28H32ClN3O3S. The minimum Gasteiger partial charge on any atom is -0.349 e. The molecular weight excluding hydrogens is 494 g/mol. The van der Waals surface area contributed by atoms with E-state index in [2.05, 4.69) is 34.5 Å². The number of hydrogen-bond donors (Lipinski definition) is 1. The number of carbonyl (C=O) groups is 1. The Kier molecular flexibility index (Phi) is 8.03. The maximum Gasteiger partial charge on any atom is 0.264 e. The Morgan fingerprint density at radius 1 is 0.944 bits per heavy atom. The molecule has 1 N–H and O–H groups in total. The quantitative estimate of drug-likeness (QED) is 0.509. The molecule has 0 saturated carbocycles. The van der Waals surface area contributed by atoms with Gasteiger partial charge in [-0.2, -0.15) is 0 Å². The molecule has 1 amide bonds. The van der Waals surface area contributed by atoms with Crippen LogP contribution in [0.4, 0.5) is 5.69 Å². The summed E-state index contributed by atoms with van der Waals surface area (Å²) in [6.45, 7) is 4.67. The maximum atomic E-state index is 13.5. The third kappa shape index (κ3) is 5.43. The average molecular weight is 526 g/mol. The van der Waals surface area contributed by atoms with Gasteiger partial charge in [-0.05, 0) is 61.6 Å². The van der Waals surface area contributed by atoms with E-state index in [0.29, 0.717) is 12.0 Å². The number of piperidine rings is 1. The fourth-order valence-electron chi connectivity index (χ4n) is 5.16. The van der Waals surface area contributed by atoms with Gasteiger partial charge in [0.05, 0.1) is 10.6 Å². The molecule has 2 heterocycles. The van der Waals surface area contributed by atoms with Gasteiger partial charge in [0, 0.05) is 37.3 Å². The Hall–Kier alpha value is -2.87. The van der Waals surface area contributed by atoms with Crippen LogP contribution in [0.3, 0.4) is 0 Å². The van der Waals surface area contributed by atoms with Gasteiger partial charge in [0.25, 0.3) is 15.9 Å². The van der Waals surface area contributed by atoms with Crippen molar-refractivity contribution in [3.05, 3.63) is 95.6 Å². The van der Waals surface area contributed by atoms with E-state index in [0.717, 1.165) is 43.7 Å². The second-order valence-corrected chi connectivity index (χ2v) is 11.3. The number of fused-ring (bicyclic) bond motifs is 1. The minimum absolute atomic E-state index is 0. The molecule has 2 aliphatic heterocycles. The van der Waals surface area contributed by atoms with E-state index in [1.165, 1.54) is 15.9 Å². The van der Waals surface area contributed by atoms with Crippen molar-refractivity contribution in [2.75, 3.05) is 17.4 Å². The zero-order valence-electron chi connectivity index (χ0n) is 20.3. The summed E-state index contributed by atoms with van der Waals surface area (Å²) in [6, 6.07) is 24.3. The summed E-state index contributed by atoms with van der Waals surface area (Å²) in [5, 5.41) is 3.12. The molecule has 190 valence electrons. The third-order valence-electron chi connectivity index (χ3n) is 6.97. The van der Waals surface area contributed by atoms with Gasteiger partial charge in [0.15, 0.2) is 0 Å². The van der Waals surface area contributed by atoms with Crippen molar-refractivity contribution in [2.24, 2.45) is 0 Å². The third-order valence-corrected chi connectivity index (χ3v) is 8.89. The first-order valence-corrected chi connectivity index (χ1v) is 13.7. The highest BCUT2D eigenvalue weighted by molar-refractivity contribution is 7.92. The number of halogens is 1. The second kappa shape index (κ2) is 11.0. The number of anilines is 1. The van der Waals surface area contributed by atoms with Crippen molar-refractivity contribution < 1.29 is 13.2 Å². The lowest BCUT2D eigenvalue weighted by molar-refractivity contribution is 0.0908.